The van der Waals surface area contributed by atoms with Crippen molar-refractivity contribution in [1.82, 2.24) is 4.90 Å². The fourth-order valence-electron chi connectivity index (χ4n) is 2.60. The summed E-state index contributed by atoms with van der Waals surface area (Å²) in [5.41, 5.74) is 2.18. The molecule has 0 spiro atoms. The van der Waals surface area contributed by atoms with Crippen LogP contribution in [-0.4, -0.2) is 49.8 Å². The second-order valence-corrected chi connectivity index (χ2v) is 5.57. The Morgan fingerprint density at radius 1 is 1.30 bits per heavy atom. The van der Waals surface area contributed by atoms with E-state index in [1.54, 1.807) is 18.2 Å². The summed E-state index contributed by atoms with van der Waals surface area (Å²) >= 11 is 0. The highest BCUT2D eigenvalue weighted by molar-refractivity contribution is 5.97. The molecule has 4 nitrogen and oxygen atoms in total. The van der Waals surface area contributed by atoms with Crippen LogP contribution in [0, 0.1) is 6.92 Å². The molecule has 128 valence electrons. The summed E-state index contributed by atoms with van der Waals surface area (Å²) in [6.07, 6.45) is -2.25. The Hall–Kier alpha value is -1.76. The fraction of sp³-hybridized carbons (Fsp3) is 0.562. The van der Waals surface area contributed by atoms with Crippen LogP contribution in [0.2, 0.25) is 0 Å². The van der Waals surface area contributed by atoms with Crippen LogP contribution in [0.15, 0.2) is 18.2 Å². The molecule has 1 aliphatic rings. The Morgan fingerprint density at radius 2 is 2.00 bits per heavy atom. The zero-order chi connectivity index (χ0) is 16.9. The summed E-state index contributed by atoms with van der Waals surface area (Å²) < 4.78 is 40.5. The Balaban J connectivity index is 1.90. The van der Waals surface area contributed by atoms with Crippen molar-refractivity contribution in [2.45, 2.75) is 25.9 Å². The van der Waals surface area contributed by atoms with Crippen molar-refractivity contribution in [2.24, 2.45) is 0 Å². The van der Waals surface area contributed by atoms with Gasteiger partial charge >= 0.3 is 6.18 Å². The van der Waals surface area contributed by atoms with Crippen LogP contribution in [0.3, 0.4) is 0 Å². The summed E-state index contributed by atoms with van der Waals surface area (Å²) in [4.78, 5) is 14.3. The number of likely N-dealkylation sites (tertiary alicyclic amines) is 1. The Kier molecular flexibility index (Phi) is 5.87. The van der Waals surface area contributed by atoms with E-state index < -0.39 is 12.8 Å². The zero-order valence-electron chi connectivity index (χ0n) is 13.1. The molecule has 0 unspecified atom stereocenters. The number of carbonyl (C=O) groups is 1. The molecule has 1 amide bonds. The molecular formula is C16H21F3N2O2. The van der Waals surface area contributed by atoms with Crippen molar-refractivity contribution in [3.05, 3.63) is 29.3 Å². The van der Waals surface area contributed by atoms with E-state index in [4.69, 9.17) is 0 Å². The predicted octanol–water partition coefficient (Wildman–Crippen LogP) is 3.22. The SMILES string of the molecule is Cc1c(NCCOCC(F)(F)F)cccc1C(=O)N1CCCC1. The van der Waals surface area contributed by atoms with E-state index in [2.05, 4.69) is 10.1 Å². The fourth-order valence-corrected chi connectivity index (χ4v) is 2.60. The highest BCUT2D eigenvalue weighted by atomic mass is 19.4. The summed E-state index contributed by atoms with van der Waals surface area (Å²) in [5, 5.41) is 3.02. The third kappa shape index (κ3) is 5.13. The van der Waals surface area contributed by atoms with Crippen molar-refractivity contribution in [3.8, 4) is 0 Å². The topological polar surface area (TPSA) is 41.6 Å². The van der Waals surface area contributed by atoms with Gasteiger partial charge in [-0.25, -0.2) is 0 Å². The largest absolute Gasteiger partial charge is 0.411 e. The first kappa shape index (κ1) is 17.6. The molecule has 1 aromatic rings. The number of anilines is 1. The molecule has 0 atom stereocenters. The summed E-state index contributed by atoms with van der Waals surface area (Å²) in [7, 11) is 0. The second-order valence-electron chi connectivity index (χ2n) is 5.57. The van der Waals surface area contributed by atoms with Crippen molar-refractivity contribution in [1.29, 1.82) is 0 Å². The van der Waals surface area contributed by atoms with Crippen LogP contribution in [0.5, 0.6) is 0 Å². The first-order chi connectivity index (χ1) is 10.9. The number of nitrogens with one attached hydrogen (secondary N) is 1. The van der Waals surface area contributed by atoms with Gasteiger partial charge in [0.25, 0.3) is 5.91 Å². The van der Waals surface area contributed by atoms with Crippen LogP contribution in [0.1, 0.15) is 28.8 Å². The molecule has 1 aliphatic heterocycles. The minimum Gasteiger partial charge on any atom is -0.382 e. The van der Waals surface area contributed by atoms with Gasteiger partial charge in [-0.2, -0.15) is 13.2 Å². The van der Waals surface area contributed by atoms with E-state index in [1.165, 1.54) is 0 Å². The Labute approximate surface area is 133 Å². The molecule has 0 saturated carbocycles. The number of hydrogen-bond acceptors (Lipinski definition) is 3. The van der Waals surface area contributed by atoms with Gasteiger partial charge in [-0.3, -0.25) is 4.79 Å². The van der Waals surface area contributed by atoms with Gasteiger partial charge in [-0.05, 0) is 37.5 Å². The van der Waals surface area contributed by atoms with Crippen molar-refractivity contribution < 1.29 is 22.7 Å². The van der Waals surface area contributed by atoms with Gasteiger partial charge in [0.05, 0.1) is 6.61 Å². The van der Waals surface area contributed by atoms with E-state index in [9.17, 15) is 18.0 Å². The van der Waals surface area contributed by atoms with Crippen LogP contribution >= 0.6 is 0 Å². The zero-order valence-corrected chi connectivity index (χ0v) is 13.1. The van der Waals surface area contributed by atoms with Gasteiger partial charge in [-0.1, -0.05) is 6.07 Å². The summed E-state index contributed by atoms with van der Waals surface area (Å²) in [5.74, 6) is 0.0111. The average molecular weight is 330 g/mol. The number of halogens is 3. The maximum atomic E-state index is 12.5. The smallest absolute Gasteiger partial charge is 0.382 e. The molecule has 1 N–H and O–H groups in total. The van der Waals surface area contributed by atoms with Crippen molar-refractivity contribution >= 4 is 11.6 Å². The highest BCUT2D eigenvalue weighted by Gasteiger charge is 2.27. The number of rotatable bonds is 6. The molecule has 1 heterocycles. The lowest BCUT2D eigenvalue weighted by molar-refractivity contribution is -0.172. The standard InChI is InChI=1S/C16H21F3N2O2/c1-12-13(15(22)21-8-2-3-9-21)5-4-6-14(12)20-7-10-23-11-16(17,18)19/h4-6,20H,2-3,7-11H2,1H3. The van der Waals surface area contributed by atoms with Gasteiger partial charge in [0, 0.05) is 30.9 Å². The summed E-state index contributed by atoms with van der Waals surface area (Å²) in [6, 6.07) is 5.36. The lowest BCUT2D eigenvalue weighted by Gasteiger charge is -2.18. The van der Waals surface area contributed by atoms with Crippen LogP contribution < -0.4 is 5.32 Å². The number of ether oxygens (including phenoxy) is 1. The molecule has 1 saturated heterocycles. The van der Waals surface area contributed by atoms with E-state index in [0.29, 0.717) is 5.56 Å². The van der Waals surface area contributed by atoms with Crippen LogP contribution in [0.25, 0.3) is 0 Å². The second kappa shape index (κ2) is 7.68. The number of benzene rings is 1. The minimum absolute atomic E-state index is 0.0111. The maximum Gasteiger partial charge on any atom is 0.411 e. The number of carbonyl (C=O) groups excluding carboxylic acids is 1. The molecule has 2 rings (SSSR count). The third-order valence-corrected chi connectivity index (χ3v) is 3.79. The van der Waals surface area contributed by atoms with Gasteiger partial charge in [-0.15, -0.1) is 0 Å². The molecule has 0 radical (unpaired) electrons. The van der Waals surface area contributed by atoms with Crippen molar-refractivity contribution in [3.63, 3.8) is 0 Å². The van der Waals surface area contributed by atoms with Gasteiger partial charge < -0.3 is 15.0 Å². The van der Waals surface area contributed by atoms with E-state index in [-0.39, 0.29) is 19.1 Å². The average Bonchev–Trinajstić information content (AvgIpc) is 3.01. The van der Waals surface area contributed by atoms with Crippen LogP contribution in [0.4, 0.5) is 18.9 Å². The van der Waals surface area contributed by atoms with E-state index in [1.807, 2.05) is 11.8 Å². The normalized spacial score (nSPS) is 15.0. The number of nitrogens with zero attached hydrogens (tertiary/aromatic N) is 1. The lowest BCUT2D eigenvalue weighted by atomic mass is 10.1. The Bertz CT molecular complexity index is 541. The van der Waals surface area contributed by atoms with E-state index in [0.717, 1.165) is 37.2 Å². The molecule has 1 aromatic carbocycles. The molecule has 0 bridgehead atoms. The highest BCUT2D eigenvalue weighted by Crippen LogP contribution is 2.22. The molecule has 0 aliphatic carbocycles. The maximum absolute atomic E-state index is 12.5. The van der Waals surface area contributed by atoms with Crippen LogP contribution in [-0.2, 0) is 4.74 Å². The quantitative estimate of drug-likeness (QED) is 0.814. The number of alkyl halides is 3. The van der Waals surface area contributed by atoms with Gasteiger partial charge in [0.2, 0.25) is 0 Å². The van der Waals surface area contributed by atoms with E-state index >= 15 is 0 Å². The Morgan fingerprint density at radius 3 is 2.65 bits per heavy atom. The predicted molar refractivity (Wildman–Crippen MR) is 81.7 cm³/mol. The lowest BCUT2D eigenvalue weighted by Crippen LogP contribution is -2.28. The first-order valence-corrected chi connectivity index (χ1v) is 7.66. The first-order valence-electron chi connectivity index (χ1n) is 7.66. The molecular weight excluding hydrogens is 309 g/mol. The molecule has 23 heavy (non-hydrogen) atoms. The third-order valence-electron chi connectivity index (χ3n) is 3.79. The monoisotopic (exact) mass is 330 g/mol. The molecule has 0 aromatic heterocycles. The molecule has 7 heteroatoms. The number of hydrogen-bond donors (Lipinski definition) is 1. The summed E-state index contributed by atoms with van der Waals surface area (Å²) in [6.45, 7) is 2.34. The van der Waals surface area contributed by atoms with Gasteiger partial charge in [0.1, 0.15) is 6.61 Å². The van der Waals surface area contributed by atoms with Crippen molar-refractivity contribution in [2.75, 3.05) is 38.2 Å². The molecule has 1 fully saturated rings. The minimum atomic E-state index is -4.31. The van der Waals surface area contributed by atoms with Gasteiger partial charge in [0.15, 0.2) is 0 Å². The number of amides is 1.